The quantitative estimate of drug-likeness (QED) is 0.882. The fourth-order valence-corrected chi connectivity index (χ4v) is 2.78. The van der Waals surface area contributed by atoms with Crippen LogP contribution in [-0.2, 0) is 0 Å². The zero-order valence-corrected chi connectivity index (χ0v) is 14.4. The maximum absolute atomic E-state index is 5.25. The number of methoxy groups -OCH3 is 1. The number of nitrogens with zero attached hydrogens (tertiary/aromatic N) is 1. The van der Waals surface area contributed by atoms with Crippen LogP contribution in [0.1, 0.15) is 18.5 Å². The van der Waals surface area contributed by atoms with Gasteiger partial charge in [-0.2, -0.15) is 0 Å². The second kappa shape index (κ2) is 9.03. The van der Waals surface area contributed by atoms with Gasteiger partial charge >= 0.3 is 0 Å². The van der Waals surface area contributed by atoms with Crippen molar-refractivity contribution in [1.29, 1.82) is 0 Å². The smallest absolute Gasteiger partial charge is 0.133 e. The molecule has 1 aromatic rings. The third kappa shape index (κ3) is 4.80. The molecule has 0 amide bonds. The lowest BCUT2D eigenvalue weighted by Crippen LogP contribution is -2.44. The molecule has 0 radical (unpaired) electrons. The Morgan fingerprint density at radius 1 is 1.26 bits per heavy atom. The standard InChI is InChI=1S/C13H19BrN2O.2ClH/c1-10(16-7-5-15-6-8-16)11-3-4-13(17-2)12(14)9-11;;/h3-4,9-10,15H,5-8H2,1-2H3;2*1H/t10-;;/m1../s1. The van der Waals surface area contributed by atoms with Crippen molar-refractivity contribution in [3.63, 3.8) is 0 Å². The normalized spacial score (nSPS) is 17.0. The first-order valence-corrected chi connectivity index (χ1v) is 6.80. The molecule has 19 heavy (non-hydrogen) atoms. The van der Waals surface area contributed by atoms with Crippen LogP contribution >= 0.6 is 40.7 Å². The van der Waals surface area contributed by atoms with Crippen LogP contribution in [0.25, 0.3) is 0 Å². The number of hydrogen-bond acceptors (Lipinski definition) is 3. The van der Waals surface area contributed by atoms with Gasteiger partial charge in [0.1, 0.15) is 5.75 Å². The highest BCUT2D eigenvalue weighted by atomic mass is 79.9. The van der Waals surface area contributed by atoms with Crippen LogP contribution in [0.3, 0.4) is 0 Å². The Labute approximate surface area is 136 Å². The molecule has 0 bridgehead atoms. The number of nitrogens with one attached hydrogen (secondary N) is 1. The Morgan fingerprint density at radius 3 is 2.42 bits per heavy atom. The van der Waals surface area contributed by atoms with E-state index in [1.165, 1.54) is 5.56 Å². The van der Waals surface area contributed by atoms with E-state index in [1.54, 1.807) is 7.11 Å². The molecular formula is C13H21BrCl2N2O. The molecule has 0 spiro atoms. The fraction of sp³-hybridized carbons (Fsp3) is 0.538. The first-order valence-electron chi connectivity index (χ1n) is 6.00. The van der Waals surface area contributed by atoms with Crippen LogP contribution in [0.4, 0.5) is 0 Å². The van der Waals surface area contributed by atoms with Crippen LogP contribution in [0.2, 0.25) is 0 Å². The number of ether oxygens (including phenoxy) is 1. The molecule has 6 heteroatoms. The Bertz CT molecular complexity index is 387. The molecule has 0 aromatic heterocycles. The minimum absolute atomic E-state index is 0. The lowest BCUT2D eigenvalue weighted by molar-refractivity contribution is 0.185. The van der Waals surface area contributed by atoms with E-state index in [2.05, 4.69) is 45.2 Å². The summed E-state index contributed by atoms with van der Waals surface area (Å²) in [6.45, 7) is 6.67. The van der Waals surface area contributed by atoms with Crippen molar-refractivity contribution >= 4 is 40.7 Å². The summed E-state index contributed by atoms with van der Waals surface area (Å²) in [5, 5.41) is 3.38. The zero-order chi connectivity index (χ0) is 12.3. The highest BCUT2D eigenvalue weighted by Crippen LogP contribution is 2.30. The van der Waals surface area contributed by atoms with Crippen molar-refractivity contribution in [2.45, 2.75) is 13.0 Å². The van der Waals surface area contributed by atoms with Gasteiger partial charge < -0.3 is 10.1 Å². The minimum Gasteiger partial charge on any atom is -0.496 e. The summed E-state index contributed by atoms with van der Waals surface area (Å²) in [6.07, 6.45) is 0. The summed E-state index contributed by atoms with van der Waals surface area (Å²) in [6, 6.07) is 6.79. The highest BCUT2D eigenvalue weighted by Gasteiger charge is 2.18. The largest absolute Gasteiger partial charge is 0.496 e. The summed E-state index contributed by atoms with van der Waals surface area (Å²) in [4.78, 5) is 2.50. The molecule has 1 aromatic carbocycles. The molecule has 1 heterocycles. The molecule has 3 nitrogen and oxygen atoms in total. The summed E-state index contributed by atoms with van der Waals surface area (Å²) in [7, 11) is 1.69. The molecule has 1 atom stereocenters. The first kappa shape index (κ1) is 19.0. The molecule has 2 rings (SSSR count). The number of rotatable bonds is 3. The van der Waals surface area contributed by atoms with Crippen molar-refractivity contribution in [1.82, 2.24) is 10.2 Å². The van der Waals surface area contributed by atoms with Gasteiger partial charge in [-0.15, -0.1) is 24.8 Å². The minimum atomic E-state index is 0. The molecule has 1 saturated heterocycles. The predicted octanol–water partition coefficient (Wildman–Crippen LogP) is 3.27. The third-order valence-electron chi connectivity index (χ3n) is 3.36. The van der Waals surface area contributed by atoms with Crippen molar-refractivity contribution in [2.75, 3.05) is 33.3 Å². The average Bonchev–Trinajstić information content (AvgIpc) is 2.39. The van der Waals surface area contributed by atoms with E-state index in [0.717, 1.165) is 36.4 Å². The van der Waals surface area contributed by atoms with E-state index in [-0.39, 0.29) is 24.8 Å². The Morgan fingerprint density at radius 2 is 1.89 bits per heavy atom. The molecule has 1 aliphatic heterocycles. The summed E-state index contributed by atoms with van der Waals surface area (Å²) in [5.41, 5.74) is 1.33. The molecule has 1 fully saturated rings. The van der Waals surface area contributed by atoms with Crippen molar-refractivity contribution in [3.8, 4) is 5.75 Å². The SMILES string of the molecule is COc1ccc([C@@H](C)N2CCNCC2)cc1Br.Cl.Cl. The molecule has 0 saturated carbocycles. The van der Waals surface area contributed by atoms with Crippen molar-refractivity contribution in [3.05, 3.63) is 28.2 Å². The molecule has 1 N–H and O–H groups in total. The van der Waals surface area contributed by atoms with E-state index in [4.69, 9.17) is 4.74 Å². The predicted molar refractivity (Wildman–Crippen MR) is 88.0 cm³/mol. The van der Waals surface area contributed by atoms with Gasteiger partial charge in [-0.3, -0.25) is 4.90 Å². The fourth-order valence-electron chi connectivity index (χ4n) is 2.22. The van der Waals surface area contributed by atoms with E-state index in [1.807, 2.05) is 6.07 Å². The van der Waals surface area contributed by atoms with Gasteiger partial charge in [0.15, 0.2) is 0 Å². The van der Waals surface area contributed by atoms with Crippen LogP contribution < -0.4 is 10.1 Å². The topological polar surface area (TPSA) is 24.5 Å². The molecule has 110 valence electrons. The van der Waals surface area contributed by atoms with Gasteiger partial charge in [-0.05, 0) is 40.5 Å². The average molecular weight is 372 g/mol. The molecular weight excluding hydrogens is 351 g/mol. The Hall–Kier alpha value is -0.000000000000000111. The summed E-state index contributed by atoms with van der Waals surface area (Å²) < 4.78 is 6.28. The second-order valence-electron chi connectivity index (χ2n) is 4.36. The van der Waals surface area contributed by atoms with E-state index >= 15 is 0 Å². The highest BCUT2D eigenvalue weighted by molar-refractivity contribution is 9.10. The van der Waals surface area contributed by atoms with Gasteiger partial charge in [0.25, 0.3) is 0 Å². The molecule has 0 aliphatic carbocycles. The lowest BCUT2D eigenvalue weighted by Gasteiger charge is -2.33. The zero-order valence-electron chi connectivity index (χ0n) is 11.2. The Kier molecular flexibility index (Phi) is 9.03. The van der Waals surface area contributed by atoms with Crippen LogP contribution in [-0.4, -0.2) is 38.2 Å². The van der Waals surface area contributed by atoms with Crippen LogP contribution in [0.5, 0.6) is 5.75 Å². The van der Waals surface area contributed by atoms with Gasteiger partial charge in [0.05, 0.1) is 11.6 Å². The first-order chi connectivity index (χ1) is 8.22. The summed E-state index contributed by atoms with van der Waals surface area (Å²) >= 11 is 3.54. The number of benzene rings is 1. The van der Waals surface area contributed by atoms with Gasteiger partial charge in [-0.1, -0.05) is 6.07 Å². The maximum Gasteiger partial charge on any atom is 0.133 e. The van der Waals surface area contributed by atoms with Crippen molar-refractivity contribution in [2.24, 2.45) is 0 Å². The third-order valence-corrected chi connectivity index (χ3v) is 3.98. The van der Waals surface area contributed by atoms with Gasteiger partial charge in [-0.25, -0.2) is 0 Å². The van der Waals surface area contributed by atoms with Gasteiger partial charge in [0.2, 0.25) is 0 Å². The van der Waals surface area contributed by atoms with Crippen LogP contribution in [0.15, 0.2) is 22.7 Å². The van der Waals surface area contributed by atoms with E-state index < -0.39 is 0 Å². The number of hydrogen-bond donors (Lipinski definition) is 1. The number of halogens is 3. The second-order valence-corrected chi connectivity index (χ2v) is 5.21. The maximum atomic E-state index is 5.25. The monoisotopic (exact) mass is 370 g/mol. The van der Waals surface area contributed by atoms with E-state index in [9.17, 15) is 0 Å². The summed E-state index contributed by atoms with van der Waals surface area (Å²) in [5.74, 6) is 0.890. The van der Waals surface area contributed by atoms with E-state index in [0.29, 0.717) is 6.04 Å². The van der Waals surface area contributed by atoms with Gasteiger partial charge in [0, 0.05) is 32.2 Å². The number of piperazine rings is 1. The molecule has 1 aliphatic rings. The molecule has 0 unspecified atom stereocenters. The Balaban J connectivity index is 0.00000162. The lowest BCUT2D eigenvalue weighted by atomic mass is 10.1. The van der Waals surface area contributed by atoms with Crippen molar-refractivity contribution < 1.29 is 4.74 Å². The van der Waals surface area contributed by atoms with Crippen LogP contribution in [0, 0.1) is 0 Å².